The Hall–Kier alpha value is 0.570. The SMILES string of the molecule is COCCOCCOCCOC1(CI)CCC(C)CC1. The molecule has 0 aromatic carbocycles. The summed E-state index contributed by atoms with van der Waals surface area (Å²) in [6.07, 6.45) is 4.96. The first-order valence-electron chi connectivity index (χ1n) is 7.57. The lowest BCUT2D eigenvalue weighted by atomic mass is 9.80. The molecule has 0 heterocycles. The predicted molar refractivity (Wildman–Crippen MR) is 88.7 cm³/mol. The van der Waals surface area contributed by atoms with E-state index in [4.69, 9.17) is 18.9 Å². The van der Waals surface area contributed by atoms with Crippen LogP contribution in [0.3, 0.4) is 0 Å². The van der Waals surface area contributed by atoms with Crippen LogP contribution < -0.4 is 0 Å². The molecule has 0 aliphatic heterocycles. The van der Waals surface area contributed by atoms with Crippen LogP contribution >= 0.6 is 22.6 Å². The molecule has 1 aliphatic rings. The molecule has 0 aromatic heterocycles. The third kappa shape index (κ3) is 7.54. The van der Waals surface area contributed by atoms with Crippen molar-refractivity contribution in [3.63, 3.8) is 0 Å². The zero-order valence-corrected chi connectivity index (χ0v) is 15.0. The minimum absolute atomic E-state index is 0.103. The molecule has 1 rings (SSSR count). The molecule has 0 spiro atoms. The third-order valence-electron chi connectivity index (χ3n) is 3.87. The molecule has 1 saturated carbocycles. The predicted octanol–water partition coefficient (Wildman–Crippen LogP) is 3.07. The van der Waals surface area contributed by atoms with Crippen LogP contribution in [0.4, 0.5) is 0 Å². The van der Waals surface area contributed by atoms with E-state index in [0.29, 0.717) is 39.6 Å². The Morgan fingerprint density at radius 3 is 2.05 bits per heavy atom. The van der Waals surface area contributed by atoms with Crippen molar-refractivity contribution in [1.82, 2.24) is 0 Å². The quantitative estimate of drug-likeness (QED) is 0.304. The molecule has 0 aromatic rings. The molecule has 1 aliphatic carbocycles. The standard InChI is InChI=1S/C15H29IO4/c1-14-3-5-15(13-16,6-4-14)20-12-11-19-10-9-18-8-7-17-2/h14H,3-13H2,1-2H3. The van der Waals surface area contributed by atoms with Crippen LogP contribution in [-0.4, -0.2) is 56.8 Å². The van der Waals surface area contributed by atoms with Crippen molar-refractivity contribution in [3.8, 4) is 0 Å². The van der Waals surface area contributed by atoms with E-state index in [1.165, 1.54) is 25.7 Å². The molecular weight excluding hydrogens is 371 g/mol. The molecule has 20 heavy (non-hydrogen) atoms. The largest absolute Gasteiger partial charge is 0.382 e. The molecule has 0 amide bonds. The van der Waals surface area contributed by atoms with Crippen LogP contribution in [0.25, 0.3) is 0 Å². The topological polar surface area (TPSA) is 36.9 Å². The number of rotatable bonds is 11. The smallest absolute Gasteiger partial charge is 0.0772 e. The lowest BCUT2D eigenvalue weighted by molar-refractivity contribution is -0.0804. The van der Waals surface area contributed by atoms with Gasteiger partial charge in [0.05, 0.1) is 45.2 Å². The summed E-state index contributed by atoms with van der Waals surface area (Å²) in [5.74, 6) is 0.857. The van der Waals surface area contributed by atoms with Gasteiger partial charge in [0.15, 0.2) is 0 Å². The van der Waals surface area contributed by atoms with Gasteiger partial charge in [-0.15, -0.1) is 0 Å². The lowest BCUT2D eigenvalue weighted by Gasteiger charge is -2.38. The van der Waals surface area contributed by atoms with E-state index < -0.39 is 0 Å². The Balaban J connectivity index is 1.99. The Bertz CT molecular complexity index is 230. The normalized spacial score (nSPS) is 26.9. The molecule has 5 heteroatoms. The van der Waals surface area contributed by atoms with E-state index in [1.807, 2.05) is 0 Å². The van der Waals surface area contributed by atoms with E-state index in [2.05, 4.69) is 29.5 Å². The molecule has 0 bridgehead atoms. The summed E-state index contributed by atoms with van der Waals surface area (Å²) in [5.41, 5.74) is 0.103. The van der Waals surface area contributed by atoms with Gasteiger partial charge in [-0.1, -0.05) is 29.5 Å². The summed E-state index contributed by atoms with van der Waals surface area (Å²) < 4.78 is 23.0. The number of methoxy groups -OCH3 is 1. The van der Waals surface area contributed by atoms with Gasteiger partial charge in [-0.25, -0.2) is 0 Å². The molecule has 120 valence electrons. The number of hydrogen-bond acceptors (Lipinski definition) is 4. The first-order chi connectivity index (χ1) is 9.72. The number of alkyl halides is 1. The van der Waals surface area contributed by atoms with Gasteiger partial charge in [0.2, 0.25) is 0 Å². The van der Waals surface area contributed by atoms with Gasteiger partial charge in [-0.2, -0.15) is 0 Å². The van der Waals surface area contributed by atoms with Crippen molar-refractivity contribution in [1.29, 1.82) is 0 Å². The molecule has 0 N–H and O–H groups in total. The summed E-state index contributed by atoms with van der Waals surface area (Å²) in [6.45, 7) is 6.20. The average molecular weight is 400 g/mol. The lowest BCUT2D eigenvalue weighted by Crippen LogP contribution is -2.39. The van der Waals surface area contributed by atoms with Gasteiger partial charge >= 0.3 is 0 Å². The Kier molecular flexibility index (Phi) is 10.4. The van der Waals surface area contributed by atoms with Crippen molar-refractivity contribution < 1.29 is 18.9 Å². The van der Waals surface area contributed by atoms with Crippen molar-refractivity contribution >= 4 is 22.6 Å². The van der Waals surface area contributed by atoms with Gasteiger partial charge in [0.1, 0.15) is 0 Å². The Morgan fingerprint density at radius 1 is 0.950 bits per heavy atom. The second kappa shape index (κ2) is 11.2. The van der Waals surface area contributed by atoms with Gasteiger partial charge in [0, 0.05) is 11.5 Å². The minimum atomic E-state index is 0.103. The van der Waals surface area contributed by atoms with Gasteiger partial charge < -0.3 is 18.9 Å². The van der Waals surface area contributed by atoms with Crippen LogP contribution in [-0.2, 0) is 18.9 Å². The van der Waals surface area contributed by atoms with E-state index in [9.17, 15) is 0 Å². The molecular formula is C15H29IO4. The monoisotopic (exact) mass is 400 g/mol. The van der Waals surface area contributed by atoms with Gasteiger partial charge in [-0.3, -0.25) is 0 Å². The third-order valence-corrected chi connectivity index (χ3v) is 5.26. The maximum absolute atomic E-state index is 6.12. The minimum Gasteiger partial charge on any atom is -0.382 e. The van der Waals surface area contributed by atoms with E-state index >= 15 is 0 Å². The highest BCUT2D eigenvalue weighted by atomic mass is 127. The fourth-order valence-electron chi connectivity index (χ4n) is 2.39. The van der Waals surface area contributed by atoms with E-state index in [1.54, 1.807) is 7.11 Å². The van der Waals surface area contributed by atoms with E-state index in [0.717, 1.165) is 10.3 Å². The summed E-state index contributed by atoms with van der Waals surface area (Å²) in [6, 6.07) is 0. The zero-order valence-electron chi connectivity index (χ0n) is 12.9. The molecule has 0 saturated heterocycles. The second-order valence-electron chi connectivity index (χ2n) is 5.57. The maximum atomic E-state index is 6.12. The summed E-state index contributed by atoms with van der Waals surface area (Å²) >= 11 is 2.46. The highest BCUT2D eigenvalue weighted by molar-refractivity contribution is 14.1. The number of halogens is 1. The van der Waals surface area contributed by atoms with Crippen LogP contribution in [0.15, 0.2) is 0 Å². The van der Waals surface area contributed by atoms with Crippen molar-refractivity contribution in [2.24, 2.45) is 5.92 Å². The zero-order chi connectivity index (χ0) is 14.7. The Morgan fingerprint density at radius 2 is 1.50 bits per heavy atom. The van der Waals surface area contributed by atoms with Gasteiger partial charge in [0.25, 0.3) is 0 Å². The van der Waals surface area contributed by atoms with E-state index in [-0.39, 0.29) is 5.60 Å². The average Bonchev–Trinajstić information content (AvgIpc) is 2.48. The van der Waals surface area contributed by atoms with Crippen LogP contribution in [0.1, 0.15) is 32.6 Å². The second-order valence-corrected chi connectivity index (χ2v) is 6.33. The van der Waals surface area contributed by atoms with Gasteiger partial charge in [-0.05, 0) is 31.6 Å². The number of ether oxygens (including phenoxy) is 4. The molecule has 0 unspecified atom stereocenters. The summed E-state index contributed by atoms with van der Waals surface area (Å²) in [4.78, 5) is 0. The highest BCUT2D eigenvalue weighted by Gasteiger charge is 2.33. The molecule has 1 fully saturated rings. The number of hydrogen-bond donors (Lipinski definition) is 0. The van der Waals surface area contributed by atoms with Crippen LogP contribution in [0.5, 0.6) is 0 Å². The molecule has 0 atom stereocenters. The van der Waals surface area contributed by atoms with Crippen molar-refractivity contribution in [2.75, 3.05) is 51.2 Å². The highest BCUT2D eigenvalue weighted by Crippen LogP contribution is 2.36. The first kappa shape index (κ1) is 18.6. The van der Waals surface area contributed by atoms with Crippen molar-refractivity contribution in [3.05, 3.63) is 0 Å². The van der Waals surface area contributed by atoms with Crippen LogP contribution in [0, 0.1) is 5.92 Å². The maximum Gasteiger partial charge on any atom is 0.0772 e. The summed E-state index contributed by atoms with van der Waals surface area (Å²) in [7, 11) is 1.67. The first-order valence-corrected chi connectivity index (χ1v) is 9.09. The summed E-state index contributed by atoms with van der Waals surface area (Å²) in [5, 5.41) is 0. The molecule has 4 nitrogen and oxygen atoms in total. The molecule has 0 radical (unpaired) electrons. The fourth-order valence-corrected chi connectivity index (χ4v) is 3.37. The Labute approximate surface area is 137 Å². The van der Waals surface area contributed by atoms with Crippen molar-refractivity contribution in [2.45, 2.75) is 38.2 Å². The fraction of sp³-hybridized carbons (Fsp3) is 1.00. The van der Waals surface area contributed by atoms with Crippen LogP contribution in [0.2, 0.25) is 0 Å².